The van der Waals surface area contributed by atoms with Crippen LogP contribution in [0.15, 0.2) is 30.3 Å². The molecule has 0 bridgehead atoms. The first-order valence-corrected chi connectivity index (χ1v) is 7.29. The molecule has 0 aromatic heterocycles. The first-order chi connectivity index (χ1) is 10.2. The summed E-state index contributed by atoms with van der Waals surface area (Å²) < 4.78 is 16.0. The third-order valence-corrected chi connectivity index (χ3v) is 3.81. The van der Waals surface area contributed by atoms with E-state index in [9.17, 15) is 4.79 Å². The predicted molar refractivity (Wildman–Crippen MR) is 78.7 cm³/mol. The fraction of sp³-hybridized carbons (Fsp3) is 0.562. The third-order valence-electron chi connectivity index (χ3n) is 3.81. The van der Waals surface area contributed by atoms with Crippen molar-refractivity contribution in [1.29, 1.82) is 0 Å². The number of methoxy groups -OCH3 is 1. The van der Waals surface area contributed by atoms with Crippen molar-refractivity contribution in [3.63, 3.8) is 0 Å². The fourth-order valence-corrected chi connectivity index (χ4v) is 2.51. The smallest absolute Gasteiger partial charge is 0.330 e. The van der Waals surface area contributed by atoms with Crippen LogP contribution in [0.5, 0.6) is 0 Å². The zero-order valence-electron chi connectivity index (χ0n) is 12.4. The third kappa shape index (κ3) is 4.03. The van der Waals surface area contributed by atoms with Gasteiger partial charge in [0.2, 0.25) is 0 Å². The molecule has 5 heteroatoms. The molecule has 21 heavy (non-hydrogen) atoms. The van der Waals surface area contributed by atoms with Crippen LogP contribution in [0.2, 0.25) is 0 Å². The Bertz CT molecular complexity index is 445. The summed E-state index contributed by atoms with van der Waals surface area (Å²) >= 11 is 0. The summed E-state index contributed by atoms with van der Waals surface area (Å²) in [5.41, 5.74) is 5.84. The Hall–Kier alpha value is -1.43. The highest BCUT2D eigenvalue weighted by Crippen LogP contribution is 2.24. The molecule has 0 saturated carbocycles. The quantitative estimate of drug-likeness (QED) is 0.611. The van der Waals surface area contributed by atoms with Crippen LogP contribution >= 0.6 is 0 Å². The van der Waals surface area contributed by atoms with Gasteiger partial charge in [0.15, 0.2) is 0 Å². The average molecular weight is 293 g/mol. The molecule has 2 N–H and O–H groups in total. The van der Waals surface area contributed by atoms with E-state index in [1.807, 2.05) is 30.3 Å². The van der Waals surface area contributed by atoms with Gasteiger partial charge in [-0.3, -0.25) is 0 Å². The maximum atomic E-state index is 12.1. The van der Waals surface area contributed by atoms with Crippen LogP contribution in [0.25, 0.3) is 0 Å². The number of nitrogens with two attached hydrogens (primary N) is 1. The lowest BCUT2D eigenvalue weighted by Crippen LogP contribution is -2.46. The molecule has 1 fully saturated rings. The maximum absolute atomic E-state index is 12.1. The summed E-state index contributed by atoms with van der Waals surface area (Å²) in [7, 11) is 1.35. The van der Waals surface area contributed by atoms with Gasteiger partial charge >= 0.3 is 5.97 Å². The van der Waals surface area contributed by atoms with Crippen molar-refractivity contribution in [2.24, 2.45) is 5.73 Å². The Morgan fingerprint density at radius 3 is 2.81 bits per heavy atom. The molecule has 0 aliphatic carbocycles. The molecule has 2 atom stereocenters. The van der Waals surface area contributed by atoms with Gasteiger partial charge in [-0.05, 0) is 18.4 Å². The van der Waals surface area contributed by atoms with Crippen molar-refractivity contribution in [3.05, 3.63) is 35.9 Å². The minimum absolute atomic E-state index is 0.173. The summed E-state index contributed by atoms with van der Waals surface area (Å²) in [4.78, 5) is 12.1. The number of rotatable bonds is 7. The van der Waals surface area contributed by atoms with Crippen molar-refractivity contribution < 1.29 is 19.0 Å². The van der Waals surface area contributed by atoms with E-state index in [1.165, 1.54) is 7.11 Å². The van der Waals surface area contributed by atoms with E-state index < -0.39 is 11.5 Å². The molecule has 1 heterocycles. The molecular formula is C16H23NO4. The highest BCUT2D eigenvalue weighted by atomic mass is 16.5. The van der Waals surface area contributed by atoms with E-state index in [-0.39, 0.29) is 6.10 Å². The Morgan fingerprint density at radius 1 is 1.43 bits per heavy atom. The van der Waals surface area contributed by atoms with Crippen molar-refractivity contribution in [3.8, 4) is 0 Å². The summed E-state index contributed by atoms with van der Waals surface area (Å²) in [5.74, 6) is -0.450. The highest BCUT2D eigenvalue weighted by molar-refractivity contribution is 5.82. The average Bonchev–Trinajstić information content (AvgIpc) is 3.04. The molecule has 1 saturated heterocycles. The van der Waals surface area contributed by atoms with Crippen molar-refractivity contribution in [2.75, 3.05) is 26.9 Å². The van der Waals surface area contributed by atoms with Crippen LogP contribution in [0.1, 0.15) is 24.8 Å². The second-order valence-electron chi connectivity index (χ2n) is 5.29. The van der Waals surface area contributed by atoms with Crippen molar-refractivity contribution >= 4 is 5.97 Å². The summed E-state index contributed by atoms with van der Waals surface area (Å²) in [6.07, 6.45) is 2.66. The molecule has 0 spiro atoms. The lowest BCUT2D eigenvalue weighted by Gasteiger charge is -2.27. The Kier molecular flexibility index (Phi) is 5.73. The van der Waals surface area contributed by atoms with Crippen LogP contribution in [0, 0.1) is 0 Å². The van der Waals surface area contributed by atoms with E-state index >= 15 is 0 Å². The maximum Gasteiger partial charge on any atom is 0.330 e. The van der Waals surface area contributed by atoms with Crippen LogP contribution in [0.4, 0.5) is 0 Å². The lowest BCUT2D eigenvalue weighted by atomic mass is 9.88. The number of esters is 1. The van der Waals surface area contributed by atoms with E-state index in [0.717, 1.165) is 25.0 Å². The molecule has 1 aliphatic heterocycles. The van der Waals surface area contributed by atoms with E-state index in [1.54, 1.807) is 0 Å². The monoisotopic (exact) mass is 293 g/mol. The van der Waals surface area contributed by atoms with E-state index in [2.05, 4.69) is 0 Å². The zero-order chi connectivity index (χ0) is 15.1. The van der Waals surface area contributed by atoms with Gasteiger partial charge in [0.25, 0.3) is 0 Å². The first-order valence-electron chi connectivity index (χ1n) is 7.29. The van der Waals surface area contributed by atoms with Crippen LogP contribution < -0.4 is 5.73 Å². The molecule has 5 nitrogen and oxygen atoms in total. The number of ether oxygens (including phenoxy) is 3. The zero-order valence-corrected chi connectivity index (χ0v) is 12.4. The predicted octanol–water partition coefficient (Wildman–Crippen LogP) is 1.60. The van der Waals surface area contributed by atoms with Gasteiger partial charge < -0.3 is 19.9 Å². The molecule has 2 unspecified atom stereocenters. The Balaban J connectivity index is 1.92. The van der Waals surface area contributed by atoms with Gasteiger partial charge in [0, 0.05) is 19.6 Å². The first kappa shape index (κ1) is 15.9. The van der Waals surface area contributed by atoms with Crippen molar-refractivity contribution in [1.82, 2.24) is 0 Å². The fourth-order valence-electron chi connectivity index (χ4n) is 2.51. The Morgan fingerprint density at radius 2 is 2.19 bits per heavy atom. The van der Waals surface area contributed by atoms with E-state index in [4.69, 9.17) is 19.9 Å². The lowest BCUT2D eigenvalue weighted by molar-refractivity contribution is -0.148. The summed E-state index contributed by atoms with van der Waals surface area (Å²) in [5, 5.41) is 0. The second-order valence-corrected chi connectivity index (χ2v) is 5.29. The SMILES string of the molecule is COC(=O)C(N)(CCOCC1CCCO1)c1ccccc1. The molecule has 2 rings (SSSR count). The van der Waals surface area contributed by atoms with Crippen LogP contribution in [0.3, 0.4) is 0 Å². The highest BCUT2D eigenvalue weighted by Gasteiger charge is 2.36. The minimum atomic E-state index is -1.17. The number of benzene rings is 1. The topological polar surface area (TPSA) is 70.8 Å². The Labute approximate surface area is 125 Å². The summed E-state index contributed by atoms with van der Waals surface area (Å²) in [6.45, 7) is 1.74. The van der Waals surface area contributed by atoms with Crippen molar-refractivity contribution in [2.45, 2.75) is 30.9 Å². The second kappa shape index (κ2) is 7.54. The van der Waals surface area contributed by atoms with Crippen LogP contribution in [-0.4, -0.2) is 39.0 Å². The molecule has 0 amide bonds. The number of carbonyl (C=O) groups excluding carboxylic acids is 1. The van der Waals surface area contributed by atoms with Gasteiger partial charge in [-0.2, -0.15) is 0 Å². The van der Waals surface area contributed by atoms with Gasteiger partial charge in [-0.25, -0.2) is 4.79 Å². The van der Waals surface area contributed by atoms with Gasteiger partial charge in [0.1, 0.15) is 5.54 Å². The molecule has 116 valence electrons. The largest absolute Gasteiger partial charge is 0.467 e. The number of hydrogen-bond donors (Lipinski definition) is 1. The molecule has 0 radical (unpaired) electrons. The number of hydrogen-bond acceptors (Lipinski definition) is 5. The minimum Gasteiger partial charge on any atom is -0.467 e. The summed E-state index contributed by atoms with van der Waals surface area (Å²) in [6, 6.07) is 9.25. The van der Waals surface area contributed by atoms with Crippen LogP contribution in [-0.2, 0) is 24.5 Å². The molecule has 1 aromatic carbocycles. The standard InChI is InChI=1S/C16H23NO4/c1-19-15(18)16(17,13-6-3-2-4-7-13)9-11-20-12-14-8-5-10-21-14/h2-4,6-7,14H,5,8-12,17H2,1H3. The van der Waals surface area contributed by atoms with Gasteiger partial charge in [0.05, 0.1) is 19.8 Å². The molecular weight excluding hydrogens is 270 g/mol. The van der Waals surface area contributed by atoms with Gasteiger partial charge in [-0.15, -0.1) is 0 Å². The molecule has 1 aliphatic rings. The normalized spacial score (nSPS) is 21.0. The van der Waals surface area contributed by atoms with Gasteiger partial charge in [-0.1, -0.05) is 30.3 Å². The van der Waals surface area contributed by atoms with E-state index in [0.29, 0.717) is 19.6 Å². The molecule has 1 aromatic rings. The number of carbonyl (C=O) groups is 1.